The summed E-state index contributed by atoms with van der Waals surface area (Å²) in [5.74, 6) is 1.70. The van der Waals surface area contributed by atoms with Crippen LogP contribution in [0.2, 0.25) is 0 Å². The van der Waals surface area contributed by atoms with Gasteiger partial charge in [-0.15, -0.1) is 0 Å². The molecule has 1 N–H and O–H groups in total. The van der Waals surface area contributed by atoms with Gasteiger partial charge in [0.15, 0.2) is 0 Å². The topological polar surface area (TPSA) is 74.3 Å². The van der Waals surface area contributed by atoms with Crippen molar-refractivity contribution in [1.29, 1.82) is 0 Å². The molecule has 1 amide bonds. The minimum absolute atomic E-state index is 0.0368. The van der Waals surface area contributed by atoms with Crippen molar-refractivity contribution in [2.45, 2.75) is 25.8 Å². The number of anilines is 1. The van der Waals surface area contributed by atoms with E-state index in [2.05, 4.69) is 33.8 Å². The first-order chi connectivity index (χ1) is 12.1. The third-order valence-corrected chi connectivity index (χ3v) is 5.67. The third kappa shape index (κ3) is 2.97. The molecule has 0 bridgehead atoms. The van der Waals surface area contributed by atoms with Crippen LogP contribution in [0.3, 0.4) is 0 Å². The smallest absolute Gasteiger partial charge is 0.228 e. The molecule has 2 aromatic heterocycles. The van der Waals surface area contributed by atoms with Gasteiger partial charge in [-0.1, -0.05) is 6.92 Å². The molecule has 4 rings (SSSR count). The van der Waals surface area contributed by atoms with Crippen molar-refractivity contribution >= 4 is 22.8 Å². The first kappa shape index (κ1) is 16.3. The number of carbonyl (C=O) groups is 1. The molecule has 25 heavy (non-hydrogen) atoms. The molecule has 2 aliphatic rings. The number of fused-ring (bicyclic) bond motifs is 1. The van der Waals surface area contributed by atoms with E-state index in [1.807, 2.05) is 17.2 Å². The minimum atomic E-state index is 0.0368. The van der Waals surface area contributed by atoms with Crippen LogP contribution in [0.1, 0.15) is 19.8 Å². The molecule has 7 nitrogen and oxygen atoms in total. The largest absolute Gasteiger partial charge is 0.381 e. The molecule has 2 aromatic rings. The van der Waals surface area contributed by atoms with E-state index in [0.29, 0.717) is 19.1 Å². The van der Waals surface area contributed by atoms with E-state index in [1.54, 1.807) is 6.33 Å². The highest BCUT2D eigenvalue weighted by molar-refractivity contribution is 5.87. The van der Waals surface area contributed by atoms with Gasteiger partial charge in [0.05, 0.1) is 24.0 Å². The maximum Gasteiger partial charge on any atom is 0.228 e. The summed E-state index contributed by atoms with van der Waals surface area (Å²) in [6.45, 7) is 5.11. The molecule has 0 saturated carbocycles. The molecule has 7 heteroatoms. The number of H-pyrrole nitrogens is 1. The Morgan fingerprint density at radius 3 is 3.08 bits per heavy atom. The number of hydrogen-bond donors (Lipinski definition) is 1. The van der Waals surface area contributed by atoms with Crippen molar-refractivity contribution in [2.24, 2.45) is 11.8 Å². The molecular weight excluding hydrogens is 318 g/mol. The van der Waals surface area contributed by atoms with Gasteiger partial charge < -0.3 is 19.5 Å². The number of nitrogens with one attached hydrogen (secondary N) is 1. The van der Waals surface area contributed by atoms with Crippen LogP contribution >= 0.6 is 0 Å². The number of likely N-dealkylation sites (tertiary alicyclic amines) is 1. The van der Waals surface area contributed by atoms with Crippen molar-refractivity contribution in [2.75, 3.05) is 38.3 Å². The highest BCUT2D eigenvalue weighted by Crippen LogP contribution is 2.29. The number of piperidine rings is 1. The van der Waals surface area contributed by atoms with Gasteiger partial charge >= 0.3 is 0 Å². The zero-order valence-corrected chi connectivity index (χ0v) is 14.8. The van der Waals surface area contributed by atoms with Gasteiger partial charge in [-0.2, -0.15) is 0 Å². The average Bonchev–Trinajstić information content (AvgIpc) is 3.32. The van der Waals surface area contributed by atoms with E-state index >= 15 is 0 Å². The Morgan fingerprint density at radius 2 is 2.28 bits per heavy atom. The molecule has 0 spiro atoms. The van der Waals surface area contributed by atoms with Gasteiger partial charge in [0, 0.05) is 32.9 Å². The van der Waals surface area contributed by atoms with Crippen molar-refractivity contribution in [3.8, 4) is 0 Å². The molecule has 0 unspecified atom stereocenters. The summed E-state index contributed by atoms with van der Waals surface area (Å²) in [7, 11) is 2.07. The molecule has 0 radical (unpaired) electrons. The van der Waals surface area contributed by atoms with Gasteiger partial charge in [0.25, 0.3) is 0 Å². The number of ether oxygens (including phenoxy) is 1. The van der Waals surface area contributed by atoms with E-state index in [4.69, 9.17) is 4.74 Å². The van der Waals surface area contributed by atoms with E-state index in [9.17, 15) is 4.79 Å². The molecule has 2 aliphatic heterocycles. The fourth-order valence-electron chi connectivity index (χ4n) is 4.04. The van der Waals surface area contributed by atoms with Crippen molar-refractivity contribution in [3.63, 3.8) is 0 Å². The lowest BCUT2D eigenvalue weighted by Crippen LogP contribution is -2.54. The summed E-state index contributed by atoms with van der Waals surface area (Å²) in [6, 6.07) is 2.25. The lowest BCUT2D eigenvalue weighted by molar-refractivity contribution is -0.137. The van der Waals surface area contributed by atoms with Crippen LogP contribution < -0.4 is 4.90 Å². The Kier molecular flexibility index (Phi) is 4.33. The number of hydrogen-bond acceptors (Lipinski definition) is 5. The number of amides is 1. The maximum absolute atomic E-state index is 12.8. The predicted octanol–water partition coefficient (Wildman–Crippen LogP) is 1.67. The first-order valence-electron chi connectivity index (χ1n) is 9.02. The van der Waals surface area contributed by atoms with Crippen molar-refractivity contribution in [3.05, 3.63) is 18.6 Å². The summed E-state index contributed by atoms with van der Waals surface area (Å²) in [5.41, 5.74) is 0.844. The first-order valence-corrected chi connectivity index (χ1v) is 9.02. The average molecular weight is 343 g/mol. The second-order valence-corrected chi connectivity index (χ2v) is 7.23. The van der Waals surface area contributed by atoms with Crippen molar-refractivity contribution < 1.29 is 9.53 Å². The Hall–Kier alpha value is -2.15. The number of aromatic amines is 1. The predicted molar refractivity (Wildman–Crippen MR) is 95.4 cm³/mol. The fourth-order valence-corrected chi connectivity index (χ4v) is 4.04. The van der Waals surface area contributed by atoms with E-state index in [1.165, 1.54) is 0 Å². The highest BCUT2D eigenvalue weighted by atomic mass is 16.5. The highest BCUT2D eigenvalue weighted by Gasteiger charge is 2.36. The molecular formula is C18H25N5O2. The van der Waals surface area contributed by atoms with Gasteiger partial charge in [0.1, 0.15) is 17.8 Å². The minimum Gasteiger partial charge on any atom is -0.381 e. The van der Waals surface area contributed by atoms with Crippen LogP contribution in [0.4, 0.5) is 5.82 Å². The lowest BCUT2D eigenvalue weighted by atomic mass is 9.91. The van der Waals surface area contributed by atoms with Crippen LogP contribution in [-0.2, 0) is 9.53 Å². The molecule has 2 saturated heterocycles. The van der Waals surface area contributed by atoms with Gasteiger partial charge in [0.2, 0.25) is 5.91 Å². The molecule has 134 valence electrons. The summed E-state index contributed by atoms with van der Waals surface area (Å²) in [5, 5.41) is 1.02. The standard InChI is InChI=1S/C18H25N5O2/c1-12-4-7-23(18(24)13-5-8-25-10-13)9-15(12)22(2)17-14-3-6-19-16(14)20-11-21-17/h3,6,11-13,15H,4-5,7-10H2,1-2H3,(H,19,20,21)/t12-,13+,15-/m1/s1. The monoisotopic (exact) mass is 343 g/mol. The van der Waals surface area contributed by atoms with Gasteiger partial charge in [-0.05, 0) is 24.8 Å². The zero-order valence-electron chi connectivity index (χ0n) is 14.8. The van der Waals surface area contributed by atoms with Crippen molar-refractivity contribution in [1.82, 2.24) is 19.9 Å². The molecule has 2 fully saturated rings. The van der Waals surface area contributed by atoms with Crippen LogP contribution in [0.5, 0.6) is 0 Å². The quantitative estimate of drug-likeness (QED) is 0.918. The van der Waals surface area contributed by atoms with Gasteiger partial charge in [-0.3, -0.25) is 4.79 Å². The summed E-state index contributed by atoms with van der Waals surface area (Å²) < 4.78 is 5.39. The number of rotatable bonds is 3. The maximum atomic E-state index is 12.8. The molecule has 4 heterocycles. The molecule has 0 aliphatic carbocycles. The van der Waals surface area contributed by atoms with E-state index < -0.39 is 0 Å². The number of nitrogens with zero attached hydrogens (tertiary/aromatic N) is 4. The normalized spacial score (nSPS) is 27.0. The van der Waals surface area contributed by atoms with Crippen LogP contribution in [-0.4, -0.2) is 65.2 Å². The summed E-state index contributed by atoms with van der Waals surface area (Å²) >= 11 is 0. The van der Waals surface area contributed by atoms with Crippen LogP contribution in [0.25, 0.3) is 11.0 Å². The lowest BCUT2D eigenvalue weighted by Gasteiger charge is -2.42. The van der Waals surface area contributed by atoms with Crippen LogP contribution in [0, 0.1) is 11.8 Å². The molecule has 0 aromatic carbocycles. The van der Waals surface area contributed by atoms with Crippen LogP contribution in [0.15, 0.2) is 18.6 Å². The summed E-state index contributed by atoms with van der Waals surface area (Å²) in [4.78, 5) is 28.9. The second kappa shape index (κ2) is 6.63. The fraction of sp³-hybridized carbons (Fsp3) is 0.611. The molecule has 3 atom stereocenters. The Bertz CT molecular complexity index is 755. The zero-order chi connectivity index (χ0) is 17.4. The number of aromatic nitrogens is 3. The third-order valence-electron chi connectivity index (χ3n) is 5.67. The van der Waals surface area contributed by atoms with E-state index in [-0.39, 0.29) is 17.9 Å². The number of carbonyl (C=O) groups excluding carboxylic acids is 1. The van der Waals surface area contributed by atoms with Gasteiger partial charge in [-0.25, -0.2) is 9.97 Å². The van der Waals surface area contributed by atoms with E-state index in [0.717, 1.165) is 42.8 Å². The summed E-state index contributed by atoms with van der Waals surface area (Å²) in [6.07, 6.45) is 5.34. The Labute approximate surface area is 147 Å². The SMILES string of the molecule is C[C@@H]1CCN(C(=O)[C@H]2CCOC2)C[C@H]1N(C)c1ncnc2[nH]ccc12. The number of likely N-dealkylation sites (N-methyl/N-ethyl adjacent to an activating group) is 1. The Balaban J connectivity index is 1.55. The Morgan fingerprint density at radius 1 is 1.40 bits per heavy atom. The second-order valence-electron chi connectivity index (χ2n) is 7.23.